The van der Waals surface area contributed by atoms with E-state index in [-0.39, 0.29) is 5.75 Å². The summed E-state index contributed by atoms with van der Waals surface area (Å²) in [5, 5.41) is 8.51. The highest BCUT2D eigenvalue weighted by atomic mass is 32.2. The monoisotopic (exact) mass is 211 g/mol. The molecule has 0 radical (unpaired) electrons. The van der Waals surface area contributed by atoms with Crippen LogP contribution < -0.4 is 0 Å². The van der Waals surface area contributed by atoms with Crippen molar-refractivity contribution in [3.8, 4) is 0 Å². The number of aliphatic carboxylic acids is 1. The first kappa shape index (κ1) is 11.0. The molecule has 0 spiro atoms. The van der Waals surface area contributed by atoms with E-state index < -0.39 is 5.97 Å². The lowest BCUT2D eigenvalue weighted by Gasteiger charge is -2.01. The normalized spacial score (nSPS) is 10.1. The van der Waals surface area contributed by atoms with E-state index in [1.807, 2.05) is 12.3 Å². The zero-order valence-electron chi connectivity index (χ0n) is 8.06. The highest BCUT2D eigenvalue weighted by molar-refractivity contribution is 8.00. The van der Waals surface area contributed by atoms with Gasteiger partial charge in [0.05, 0.1) is 5.75 Å². The van der Waals surface area contributed by atoms with Gasteiger partial charge in [0.25, 0.3) is 0 Å². The Morgan fingerprint density at radius 2 is 2.36 bits per heavy atom. The number of pyridine rings is 1. The highest BCUT2D eigenvalue weighted by Crippen LogP contribution is 2.18. The van der Waals surface area contributed by atoms with Crippen LogP contribution in [0, 0.1) is 0 Å². The number of aromatic nitrogens is 1. The maximum absolute atomic E-state index is 10.3. The minimum absolute atomic E-state index is 0.0945. The van der Waals surface area contributed by atoms with Gasteiger partial charge in [0.1, 0.15) is 0 Å². The van der Waals surface area contributed by atoms with Crippen molar-refractivity contribution in [1.29, 1.82) is 0 Å². The van der Waals surface area contributed by atoms with Crippen LogP contribution in [-0.2, 0) is 11.2 Å². The highest BCUT2D eigenvalue weighted by Gasteiger charge is 2.00. The lowest BCUT2D eigenvalue weighted by molar-refractivity contribution is -0.133. The largest absolute Gasteiger partial charge is 0.481 e. The minimum atomic E-state index is -0.795. The van der Waals surface area contributed by atoms with Gasteiger partial charge in [-0.25, -0.2) is 0 Å². The van der Waals surface area contributed by atoms with Crippen LogP contribution in [-0.4, -0.2) is 21.8 Å². The topological polar surface area (TPSA) is 50.2 Å². The van der Waals surface area contributed by atoms with Gasteiger partial charge in [-0.15, -0.1) is 11.8 Å². The average Bonchev–Trinajstić information content (AvgIpc) is 2.16. The van der Waals surface area contributed by atoms with Gasteiger partial charge in [-0.05, 0) is 18.1 Å². The first-order valence-electron chi connectivity index (χ1n) is 4.51. The molecule has 14 heavy (non-hydrogen) atoms. The molecular weight excluding hydrogens is 198 g/mol. The van der Waals surface area contributed by atoms with Crippen LogP contribution in [0.2, 0.25) is 0 Å². The zero-order chi connectivity index (χ0) is 10.4. The Morgan fingerprint density at radius 3 is 3.00 bits per heavy atom. The van der Waals surface area contributed by atoms with Crippen molar-refractivity contribution >= 4 is 17.7 Å². The predicted molar refractivity (Wildman–Crippen MR) is 56.6 cm³/mol. The Bertz CT molecular complexity index is 315. The van der Waals surface area contributed by atoms with E-state index in [4.69, 9.17) is 5.11 Å². The fourth-order valence-corrected chi connectivity index (χ4v) is 1.77. The number of hydrogen-bond acceptors (Lipinski definition) is 3. The van der Waals surface area contributed by atoms with Crippen molar-refractivity contribution in [2.75, 3.05) is 5.75 Å². The quantitative estimate of drug-likeness (QED) is 0.759. The van der Waals surface area contributed by atoms with E-state index in [0.717, 1.165) is 17.7 Å². The molecule has 0 saturated heterocycles. The van der Waals surface area contributed by atoms with E-state index in [0.29, 0.717) is 0 Å². The fourth-order valence-electron chi connectivity index (χ4n) is 1.11. The molecular formula is C10H13NO2S. The average molecular weight is 211 g/mol. The second-order valence-corrected chi connectivity index (χ2v) is 4.01. The van der Waals surface area contributed by atoms with Gasteiger partial charge >= 0.3 is 5.97 Å². The Morgan fingerprint density at radius 1 is 1.57 bits per heavy atom. The summed E-state index contributed by atoms with van der Waals surface area (Å²) in [7, 11) is 0. The van der Waals surface area contributed by atoms with Gasteiger partial charge < -0.3 is 5.11 Å². The third-order valence-electron chi connectivity index (χ3n) is 1.67. The SMILES string of the molecule is CCCc1cncc(SCC(=O)O)c1. The van der Waals surface area contributed by atoms with Gasteiger partial charge in [-0.1, -0.05) is 13.3 Å². The Labute approximate surface area is 87.6 Å². The maximum Gasteiger partial charge on any atom is 0.313 e. The van der Waals surface area contributed by atoms with Crippen molar-refractivity contribution in [1.82, 2.24) is 4.98 Å². The van der Waals surface area contributed by atoms with Crippen molar-refractivity contribution in [3.05, 3.63) is 24.0 Å². The van der Waals surface area contributed by atoms with Gasteiger partial charge in [0.15, 0.2) is 0 Å². The molecule has 1 N–H and O–H groups in total. The van der Waals surface area contributed by atoms with Crippen molar-refractivity contribution < 1.29 is 9.90 Å². The third-order valence-corrected chi connectivity index (χ3v) is 2.62. The zero-order valence-corrected chi connectivity index (χ0v) is 8.88. The second kappa shape index (κ2) is 5.65. The number of carbonyl (C=O) groups is 1. The number of aryl methyl sites for hydroxylation is 1. The molecule has 0 bridgehead atoms. The van der Waals surface area contributed by atoms with E-state index in [1.165, 1.54) is 17.3 Å². The molecule has 1 heterocycles. The van der Waals surface area contributed by atoms with Crippen LogP contribution >= 0.6 is 11.8 Å². The van der Waals surface area contributed by atoms with E-state index in [1.54, 1.807) is 6.20 Å². The van der Waals surface area contributed by atoms with Crippen LogP contribution in [0.15, 0.2) is 23.4 Å². The summed E-state index contributed by atoms with van der Waals surface area (Å²) in [6, 6.07) is 2.00. The van der Waals surface area contributed by atoms with Crippen molar-refractivity contribution in [2.45, 2.75) is 24.7 Å². The Hall–Kier alpha value is -1.03. The van der Waals surface area contributed by atoms with Crippen LogP contribution in [0.25, 0.3) is 0 Å². The molecule has 0 aromatic carbocycles. The molecule has 1 rings (SSSR count). The molecule has 1 aromatic heterocycles. The molecule has 3 nitrogen and oxygen atoms in total. The lowest BCUT2D eigenvalue weighted by atomic mass is 10.2. The predicted octanol–water partition coefficient (Wildman–Crippen LogP) is 2.21. The van der Waals surface area contributed by atoms with Gasteiger partial charge in [0.2, 0.25) is 0 Å². The third kappa shape index (κ3) is 3.79. The molecule has 0 atom stereocenters. The summed E-state index contributed by atoms with van der Waals surface area (Å²) < 4.78 is 0. The lowest BCUT2D eigenvalue weighted by Crippen LogP contribution is -1.97. The fraction of sp³-hybridized carbons (Fsp3) is 0.400. The Balaban J connectivity index is 2.58. The molecule has 0 unspecified atom stereocenters. The summed E-state index contributed by atoms with van der Waals surface area (Å²) in [6.07, 6.45) is 5.60. The number of hydrogen-bond donors (Lipinski definition) is 1. The van der Waals surface area contributed by atoms with Gasteiger partial charge in [-0.2, -0.15) is 0 Å². The van der Waals surface area contributed by atoms with E-state index in [9.17, 15) is 4.79 Å². The molecule has 4 heteroatoms. The smallest absolute Gasteiger partial charge is 0.313 e. The number of thioether (sulfide) groups is 1. The second-order valence-electron chi connectivity index (χ2n) is 2.96. The van der Waals surface area contributed by atoms with E-state index in [2.05, 4.69) is 11.9 Å². The minimum Gasteiger partial charge on any atom is -0.481 e. The van der Waals surface area contributed by atoms with Crippen LogP contribution in [0.1, 0.15) is 18.9 Å². The first-order chi connectivity index (χ1) is 6.72. The molecule has 76 valence electrons. The molecule has 0 aliphatic carbocycles. The van der Waals surface area contributed by atoms with Gasteiger partial charge in [-0.3, -0.25) is 9.78 Å². The van der Waals surface area contributed by atoms with Crippen LogP contribution in [0.4, 0.5) is 0 Å². The van der Waals surface area contributed by atoms with E-state index >= 15 is 0 Å². The van der Waals surface area contributed by atoms with Crippen molar-refractivity contribution in [3.63, 3.8) is 0 Å². The summed E-state index contributed by atoms with van der Waals surface area (Å²) in [5.74, 6) is -0.701. The summed E-state index contributed by atoms with van der Waals surface area (Å²) in [4.78, 5) is 15.3. The summed E-state index contributed by atoms with van der Waals surface area (Å²) in [6.45, 7) is 2.11. The molecule has 0 aliphatic heterocycles. The standard InChI is InChI=1S/C10H13NO2S/c1-2-3-8-4-9(6-11-5-8)14-7-10(12)13/h4-6H,2-3,7H2,1H3,(H,12,13). The number of rotatable bonds is 5. The number of carboxylic acids is 1. The molecule has 0 amide bonds. The molecule has 0 saturated carbocycles. The Kier molecular flexibility index (Phi) is 4.46. The number of nitrogens with zero attached hydrogens (tertiary/aromatic N) is 1. The molecule has 1 aromatic rings. The van der Waals surface area contributed by atoms with Crippen LogP contribution in [0.5, 0.6) is 0 Å². The number of carboxylic acid groups (broad SMARTS) is 1. The molecule has 0 aliphatic rings. The maximum atomic E-state index is 10.3. The summed E-state index contributed by atoms with van der Waals surface area (Å²) in [5.41, 5.74) is 1.17. The van der Waals surface area contributed by atoms with Crippen LogP contribution in [0.3, 0.4) is 0 Å². The van der Waals surface area contributed by atoms with Gasteiger partial charge in [0, 0.05) is 17.3 Å². The summed E-state index contributed by atoms with van der Waals surface area (Å²) >= 11 is 1.31. The first-order valence-corrected chi connectivity index (χ1v) is 5.49. The van der Waals surface area contributed by atoms with Crippen molar-refractivity contribution in [2.24, 2.45) is 0 Å². The molecule has 0 fully saturated rings.